The molecule has 0 heterocycles. The summed E-state index contributed by atoms with van der Waals surface area (Å²) >= 11 is 0. The highest BCUT2D eigenvalue weighted by molar-refractivity contribution is 4.98. The Labute approximate surface area is 271 Å². The Morgan fingerprint density at radius 3 is 0.773 bits per heavy atom. The second-order valence-electron chi connectivity index (χ2n) is 18.0. The first-order valence-corrected chi connectivity index (χ1v) is 16.7. The molecular formula is C36H74O8. The van der Waals surface area contributed by atoms with Gasteiger partial charge in [0.2, 0.25) is 0 Å². The maximum Gasteiger partial charge on any atom is 0.0659 e. The maximum absolute atomic E-state index is 10.4. The molecule has 0 fully saturated rings. The van der Waals surface area contributed by atoms with E-state index in [1.807, 2.05) is 0 Å². The highest BCUT2D eigenvalue weighted by Gasteiger charge is 2.49. The summed E-state index contributed by atoms with van der Waals surface area (Å²) in [5.74, 6) is -0.147. The van der Waals surface area contributed by atoms with Gasteiger partial charge in [-0.2, -0.15) is 0 Å². The summed E-state index contributed by atoms with van der Waals surface area (Å²) in [6.45, 7) is 32.7. The van der Waals surface area contributed by atoms with E-state index in [9.17, 15) is 20.4 Å². The van der Waals surface area contributed by atoms with Gasteiger partial charge < -0.3 is 39.4 Å². The van der Waals surface area contributed by atoms with E-state index in [1.54, 1.807) is 55.4 Å². The minimum absolute atomic E-state index is 0.0734. The first-order chi connectivity index (χ1) is 19.3. The van der Waals surface area contributed by atoms with Gasteiger partial charge in [-0.05, 0) is 161 Å². The molecule has 0 radical (unpaired) electrons. The van der Waals surface area contributed by atoms with Crippen molar-refractivity contribution in [3.8, 4) is 0 Å². The number of ether oxygens (including phenoxy) is 4. The fourth-order valence-electron chi connectivity index (χ4n) is 5.42. The standard InChI is InChI=1S/C36H74O8/c1-29(2,37)17-21-41-33(9,10)25-27(35(13,14)43-23-19-31(5,6)39)28(36(15,16)44-24-20-32(7,8)40)26-34(11,12)42-22-18-30(3,4)38/h27-28,37-40H,17-26H2,1-16H3. The van der Waals surface area contributed by atoms with Gasteiger partial charge in [0.1, 0.15) is 0 Å². The molecule has 0 spiro atoms. The van der Waals surface area contributed by atoms with Crippen molar-refractivity contribution < 1.29 is 39.4 Å². The number of rotatable bonds is 23. The molecule has 4 N–H and O–H groups in total. The number of aliphatic hydroxyl groups is 4. The first-order valence-electron chi connectivity index (χ1n) is 16.7. The Morgan fingerprint density at radius 1 is 0.364 bits per heavy atom. The van der Waals surface area contributed by atoms with Crippen LogP contribution >= 0.6 is 0 Å². The molecule has 0 rings (SSSR count). The molecule has 44 heavy (non-hydrogen) atoms. The fraction of sp³-hybridized carbons (Fsp3) is 1.00. The molecule has 0 saturated heterocycles. The summed E-state index contributed by atoms with van der Waals surface area (Å²) in [4.78, 5) is 0. The third-order valence-corrected chi connectivity index (χ3v) is 8.48. The van der Waals surface area contributed by atoms with Crippen LogP contribution in [0, 0.1) is 11.8 Å². The van der Waals surface area contributed by atoms with Crippen LogP contribution in [0.25, 0.3) is 0 Å². The lowest BCUT2D eigenvalue weighted by atomic mass is 9.65. The van der Waals surface area contributed by atoms with E-state index in [4.69, 9.17) is 18.9 Å². The lowest BCUT2D eigenvalue weighted by molar-refractivity contribution is -0.179. The molecule has 0 saturated carbocycles. The van der Waals surface area contributed by atoms with Gasteiger partial charge in [0, 0.05) is 0 Å². The summed E-state index contributed by atoms with van der Waals surface area (Å²) < 4.78 is 26.1. The van der Waals surface area contributed by atoms with Crippen molar-refractivity contribution in [3.63, 3.8) is 0 Å². The Balaban J connectivity index is 6.62. The van der Waals surface area contributed by atoms with Crippen LogP contribution in [0.1, 0.15) is 149 Å². The zero-order valence-corrected chi connectivity index (χ0v) is 31.6. The molecule has 0 aliphatic carbocycles. The van der Waals surface area contributed by atoms with Gasteiger partial charge in [-0.3, -0.25) is 0 Å². The van der Waals surface area contributed by atoms with Gasteiger partial charge in [-0.15, -0.1) is 0 Å². The summed E-state index contributed by atoms with van der Waals surface area (Å²) in [5, 5.41) is 41.4. The van der Waals surface area contributed by atoms with Crippen molar-refractivity contribution in [1.82, 2.24) is 0 Å². The highest BCUT2D eigenvalue weighted by Crippen LogP contribution is 2.46. The van der Waals surface area contributed by atoms with Gasteiger partial charge in [0.05, 0.1) is 71.2 Å². The van der Waals surface area contributed by atoms with Crippen LogP contribution in [0.15, 0.2) is 0 Å². The third kappa shape index (κ3) is 20.7. The SMILES string of the molecule is CC(C)(O)CCOC(C)(C)CC(C(CC(C)(C)OCCC(C)(C)O)C(C)(C)OCCC(C)(C)O)C(C)(C)OCCC(C)(C)O. The lowest BCUT2D eigenvalue weighted by Gasteiger charge is -2.50. The topological polar surface area (TPSA) is 118 Å². The lowest BCUT2D eigenvalue weighted by Crippen LogP contribution is -2.53. The monoisotopic (exact) mass is 635 g/mol. The molecule has 0 bridgehead atoms. The van der Waals surface area contributed by atoms with Crippen molar-refractivity contribution in [2.45, 2.75) is 194 Å². The molecule has 2 atom stereocenters. The van der Waals surface area contributed by atoms with Crippen LogP contribution < -0.4 is 0 Å². The van der Waals surface area contributed by atoms with E-state index < -0.39 is 44.8 Å². The van der Waals surface area contributed by atoms with E-state index in [0.29, 0.717) is 65.0 Å². The maximum atomic E-state index is 10.4. The molecular weight excluding hydrogens is 560 g/mol. The molecule has 2 unspecified atom stereocenters. The number of hydrogen-bond acceptors (Lipinski definition) is 8. The van der Waals surface area contributed by atoms with Gasteiger partial charge >= 0.3 is 0 Å². The first kappa shape index (κ1) is 43.7. The molecule has 8 nitrogen and oxygen atoms in total. The minimum Gasteiger partial charge on any atom is -0.390 e. The summed E-state index contributed by atoms with van der Waals surface area (Å²) in [6, 6.07) is 0. The van der Waals surface area contributed by atoms with E-state index >= 15 is 0 Å². The van der Waals surface area contributed by atoms with Crippen molar-refractivity contribution in [1.29, 1.82) is 0 Å². The van der Waals surface area contributed by atoms with Crippen molar-refractivity contribution in [2.24, 2.45) is 11.8 Å². The van der Waals surface area contributed by atoms with Crippen LogP contribution in [-0.2, 0) is 18.9 Å². The normalized spacial score (nSPS) is 16.4. The molecule has 0 amide bonds. The summed E-state index contributed by atoms with van der Waals surface area (Å²) in [7, 11) is 0. The van der Waals surface area contributed by atoms with Crippen LogP contribution in [0.5, 0.6) is 0 Å². The largest absolute Gasteiger partial charge is 0.390 e. The Hall–Kier alpha value is -0.320. The third-order valence-electron chi connectivity index (χ3n) is 8.48. The molecule has 0 aromatic rings. The van der Waals surface area contributed by atoms with Crippen LogP contribution in [0.3, 0.4) is 0 Å². The van der Waals surface area contributed by atoms with Crippen molar-refractivity contribution in [2.75, 3.05) is 26.4 Å². The second-order valence-corrected chi connectivity index (χ2v) is 18.0. The molecule has 266 valence electrons. The minimum atomic E-state index is -0.847. The molecule has 0 aromatic heterocycles. The van der Waals surface area contributed by atoms with Gasteiger partial charge in [-0.1, -0.05) is 0 Å². The van der Waals surface area contributed by atoms with Gasteiger partial charge in [0.25, 0.3) is 0 Å². The molecule has 0 aliphatic rings. The van der Waals surface area contributed by atoms with Crippen LogP contribution in [0.2, 0.25) is 0 Å². The molecule has 8 heteroatoms. The van der Waals surface area contributed by atoms with Gasteiger partial charge in [0.15, 0.2) is 0 Å². The van der Waals surface area contributed by atoms with Crippen LogP contribution in [0.4, 0.5) is 0 Å². The van der Waals surface area contributed by atoms with Crippen molar-refractivity contribution >= 4 is 0 Å². The second kappa shape index (κ2) is 16.2. The average molecular weight is 635 g/mol. The zero-order chi connectivity index (χ0) is 35.1. The highest BCUT2D eigenvalue weighted by atomic mass is 16.5. The van der Waals surface area contributed by atoms with Crippen LogP contribution in [-0.4, -0.2) is 91.7 Å². The van der Waals surface area contributed by atoms with E-state index in [0.717, 1.165) is 0 Å². The zero-order valence-electron chi connectivity index (χ0n) is 31.6. The van der Waals surface area contributed by atoms with E-state index in [-0.39, 0.29) is 11.8 Å². The average Bonchev–Trinajstić information content (AvgIpc) is 2.71. The fourth-order valence-corrected chi connectivity index (χ4v) is 5.42. The smallest absolute Gasteiger partial charge is 0.0659 e. The molecule has 0 aromatic carbocycles. The molecule has 0 aliphatic heterocycles. The van der Waals surface area contributed by atoms with E-state index in [1.165, 1.54) is 0 Å². The number of hydrogen-bond donors (Lipinski definition) is 4. The van der Waals surface area contributed by atoms with E-state index in [2.05, 4.69) is 55.4 Å². The Kier molecular flexibility index (Phi) is 16.1. The van der Waals surface area contributed by atoms with Gasteiger partial charge in [-0.25, -0.2) is 0 Å². The Morgan fingerprint density at radius 2 is 0.568 bits per heavy atom. The van der Waals surface area contributed by atoms with Crippen molar-refractivity contribution in [3.05, 3.63) is 0 Å². The summed E-state index contributed by atoms with van der Waals surface area (Å²) in [6.07, 6.45) is 3.33. The Bertz CT molecular complexity index is 736. The predicted molar refractivity (Wildman–Crippen MR) is 180 cm³/mol. The quantitative estimate of drug-likeness (QED) is 0.0967. The predicted octanol–water partition coefficient (Wildman–Crippen LogP) is 6.82. The summed E-state index contributed by atoms with van der Waals surface area (Å²) in [5.41, 5.74) is -5.68.